The number of carbonyl (C=O) groups excluding carboxylic acids is 1. The van der Waals surface area contributed by atoms with E-state index in [4.69, 9.17) is 5.73 Å². The van der Waals surface area contributed by atoms with Crippen molar-refractivity contribution in [2.75, 3.05) is 5.73 Å². The fraction of sp³-hybridized carbons (Fsp3) is 0.222. The van der Waals surface area contributed by atoms with Crippen LogP contribution in [0, 0.1) is 10.1 Å². The Balaban J connectivity index is 3.43. The molecule has 80 valence electrons. The quantitative estimate of drug-likeness (QED) is 0.431. The molecule has 0 aliphatic rings. The van der Waals surface area contributed by atoms with Gasteiger partial charge in [0, 0.05) is 23.4 Å². The zero-order valence-corrected chi connectivity index (χ0v) is 8.02. The highest BCUT2D eigenvalue weighted by Gasteiger charge is 2.14. The van der Waals surface area contributed by atoms with Crippen molar-refractivity contribution >= 4 is 17.3 Å². The van der Waals surface area contributed by atoms with Crippen molar-refractivity contribution in [2.45, 2.75) is 13.3 Å². The molecule has 0 aliphatic carbocycles. The van der Waals surface area contributed by atoms with Crippen molar-refractivity contribution in [3.63, 3.8) is 0 Å². The number of aromatic carboxylic acids is 1. The van der Waals surface area contributed by atoms with E-state index in [1.807, 2.05) is 0 Å². The number of carboxylic acid groups (broad SMARTS) is 1. The second kappa shape index (κ2) is 3.95. The summed E-state index contributed by atoms with van der Waals surface area (Å²) in [6.07, 6.45) is 0.342. The van der Waals surface area contributed by atoms with Gasteiger partial charge in [0.15, 0.2) is 0 Å². The maximum atomic E-state index is 10.7. The number of nitro groups is 1. The van der Waals surface area contributed by atoms with Crippen molar-refractivity contribution in [1.29, 1.82) is 0 Å². The van der Waals surface area contributed by atoms with Crippen LogP contribution in [0.1, 0.15) is 22.8 Å². The van der Waals surface area contributed by atoms with Crippen molar-refractivity contribution in [3.05, 3.63) is 33.4 Å². The molecular formula is C9H9N2O4-. The van der Waals surface area contributed by atoms with Crippen molar-refractivity contribution in [3.8, 4) is 0 Å². The first-order valence-electron chi connectivity index (χ1n) is 4.25. The zero-order chi connectivity index (χ0) is 11.6. The summed E-state index contributed by atoms with van der Waals surface area (Å²) < 4.78 is 0. The molecule has 0 fully saturated rings. The first-order chi connectivity index (χ1) is 6.97. The van der Waals surface area contributed by atoms with Crippen molar-refractivity contribution < 1.29 is 14.8 Å². The molecule has 0 heterocycles. The molecule has 0 spiro atoms. The lowest BCUT2D eigenvalue weighted by Crippen LogP contribution is -2.25. The van der Waals surface area contributed by atoms with Crippen LogP contribution >= 0.6 is 0 Å². The predicted octanol–water partition coefficient (Wildman–Crippen LogP) is 0.103. The molecule has 6 heteroatoms. The Kier molecular flexibility index (Phi) is 2.89. The third kappa shape index (κ3) is 2.04. The van der Waals surface area contributed by atoms with E-state index in [2.05, 4.69) is 0 Å². The molecule has 2 N–H and O–H groups in total. The van der Waals surface area contributed by atoms with E-state index in [1.165, 1.54) is 6.07 Å². The number of benzene rings is 1. The maximum absolute atomic E-state index is 10.7. The second-order valence-corrected chi connectivity index (χ2v) is 2.97. The van der Waals surface area contributed by atoms with Crippen LogP contribution < -0.4 is 10.8 Å². The third-order valence-corrected chi connectivity index (χ3v) is 2.03. The SMILES string of the molecule is CCc1cc([N+](=O)[O-])cc(N)c1C(=O)[O-]. The summed E-state index contributed by atoms with van der Waals surface area (Å²) in [4.78, 5) is 20.6. The average Bonchev–Trinajstić information content (AvgIpc) is 2.15. The van der Waals surface area contributed by atoms with E-state index >= 15 is 0 Å². The van der Waals surface area contributed by atoms with Gasteiger partial charge in [-0.3, -0.25) is 10.1 Å². The van der Waals surface area contributed by atoms with Gasteiger partial charge in [0.2, 0.25) is 0 Å². The van der Waals surface area contributed by atoms with Gasteiger partial charge in [-0.15, -0.1) is 0 Å². The van der Waals surface area contributed by atoms with Crippen molar-refractivity contribution in [2.24, 2.45) is 0 Å². The Bertz CT molecular complexity index is 428. The lowest BCUT2D eigenvalue weighted by molar-refractivity contribution is -0.384. The minimum atomic E-state index is -1.42. The monoisotopic (exact) mass is 209 g/mol. The van der Waals surface area contributed by atoms with E-state index in [-0.39, 0.29) is 16.9 Å². The zero-order valence-electron chi connectivity index (χ0n) is 8.02. The molecular weight excluding hydrogens is 200 g/mol. The second-order valence-electron chi connectivity index (χ2n) is 2.97. The number of hydrogen-bond acceptors (Lipinski definition) is 5. The van der Waals surface area contributed by atoms with Crippen LogP contribution in [-0.4, -0.2) is 10.9 Å². The maximum Gasteiger partial charge on any atom is 0.271 e. The highest BCUT2D eigenvalue weighted by Crippen LogP contribution is 2.24. The standard InChI is InChI=1S/C9H10N2O4/c1-2-5-3-6(11(14)15)4-7(10)8(5)9(12)13/h3-4H,2,10H2,1H3,(H,12,13)/p-1. The van der Waals surface area contributed by atoms with Crippen LogP contribution in [0.4, 0.5) is 11.4 Å². The fourth-order valence-corrected chi connectivity index (χ4v) is 1.34. The molecule has 6 nitrogen and oxygen atoms in total. The molecule has 0 radical (unpaired) electrons. The van der Waals surface area contributed by atoms with Gasteiger partial charge in [-0.1, -0.05) is 6.92 Å². The van der Waals surface area contributed by atoms with Crippen LogP contribution in [0.3, 0.4) is 0 Å². The number of nitrogens with two attached hydrogens (primary N) is 1. The van der Waals surface area contributed by atoms with Crippen LogP contribution in [0.15, 0.2) is 12.1 Å². The van der Waals surface area contributed by atoms with E-state index < -0.39 is 10.9 Å². The summed E-state index contributed by atoms with van der Waals surface area (Å²) in [5.74, 6) is -1.42. The molecule has 0 bridgehead atoms. The fourth-order valence-electron chi connectivity index (χ4n) is 1.34. The van der Waals surface area contributed by atoms with Crippen molar-refractivity contribution in [1.82, 2.24) is 0 Å². The lowest BCUT2D eigenvalue weighted by Gasteiger charge is -2.11. The molecule has 0 saturated carbocycles. The first kappa shape index (κ1) is 11.0. The number of anilines is 1. The molecule has 1 aromatic rings. The molecule has 0 aliphatic heterocycles. The molecule has 0 unspecified atom stereocenters. The summed E-state index contributed by atoms with van der Waals surface area (Å²) in [5.41, 5.74) is 5.20. The Morgan fingerprint density at radius 1 is 1.53 bits per heavy atom. The summed E-state index contributed by atoms with van der Waals surface area (Å²) in [6, 6.07) is 2.21. The summed E-state index contributed by atoms with van der Waals surface area (Å²) in [7, 11) is 0. The number of hydrogen-bond donors (Lipinski definition) is 1. The number of aryl methyl sites for hydroxylation is 1. The topological polar surface area (TPSA) is 109 Å². The van der Waals surface area contributed by atoms with Gasteiger partial charge in [0.05, 0.1) is 10.9 Å². The number of carboxylic acids is 1. The summed E-state index contributed by atoms with van der Waals surface area (Å²) >= 11 is 0. The van der Waals surface area contributed by atoms with E-state index in [0.29, 0.717) is 12.0 Å². The van der Waals surface area contributed by atoms with Gasteiger partial charge in [-0.05, 0) is 12.0 Å². The Morgan fingerprint density at radius 2 is 2.13 bits per heavy atom. The Labute approximate surface area is 85.5 Å². The molecule has 0 aromatic heterocycles. The number of nitro benzene ring substituents is 1. The van der Waals surface area contributed by atoms with E-state index in [1.54, 1.807) is 6.92 Å². The minimum Gasteiger partial charge on any atom is -0.545 e. The average molecular weight is 209 g/mol. The summed E-state index contributed by atoms with van der Waals surface area (Å²) in [6.45, 7) is 1.69. The third-order valence-electron chi connectivity index (χ3n) is 2.03. The van der Waals surface area contributed by atoms with Crippen LogP contribution in [0.5, 0.6) is 0 Å². The Morgan fingerprint density at radius 3 is 2.53 bits per heavy atom. The molecule has 0 amide bonds. The molecule has 1 rings (SSSR count). The number of nitrogen functional groups attached to an aromatic ring is 1. The molecule has 1 aromatic carbocycles. The van der Waals surface area contributed by atoms with E-state index in [9.17, 15) is 20.0 Å². The number of carbonyl (C=O) groups is 1. The summed E-state index contributed by atoms with van der Waals surface area (Å²) in [5, 5.41) is 21.2. The van der Waals surface area contributed by atoms with Gasteiger partial charge < -0.3 is 15.6 Å². The normalized spacial score (nSPS) is 9.93. The molecule has 0 atom stereocenters. The predicted molar refractivity (Wildman–Crippen MR) is 51.2 cm³/mol. The highest BCUT2D eigenvalue weighted by molar-refractivity contribution is 5.94. The van der Waals surface area contributed by atoms with E-state index in [0.717, 1.165) is 6.07 Å². The smallest absolute Gasteiger partial charge is 0.271 e. The largest absolute Gasteiger partial charge is 0.545 e. The minimum absolute atomic E-state index is 0.138. The van der Waals surface area contributed by atoms with Crippen LogP contribution in [-0.2, 0) is 6.42 Å². The molecule has 0 saturated heterocycles. The lowest BCUT2D eigenvalue weighted by atomic mass is 10.0. The van der Waals surface area contributed by atoms with Gasteiger partial charge in [0.25, 0.3) is 5.69 Å². The van der Waals surface area contributed by atoms with Crippen LogP contribution in [0.2, 0.25) is 0 Å². The molecule has 15 heavy (non-hydrogen) atoms. The van der Waals surface area contributed by atoms with Crippen LogP contribution in [0.25, 0.3) is 0 Å². The highest BCUT2D eigenvalue weighted by atomic mass is 16.6. The first-order valence-corrected chi connectivity index (χ1v) is 4.25. The number of non-ortho nitro benzene ring substituents is 1. The number of nitrogens with zero attached hydrogens (tertiary/aromatic N) is 1. The van der Waals surface area contributed by atoms with Gasteiger partial charge in [0.1, 0.15) is 0 Å². The Hall–Kier alpha value is -2.11. The van der Waals surface area contributed by atoms with Gasteiger partial charge in [-0.25, -0.2) is 0 Å². The number of rotatable bonds is 3. The van der Waals surface area contributed by atoms with Gasteiger partial charge in [-0.2, -0.15) is 0 Å². The van der Waals surface area contributed by atoms with Gasteiger partial charge >= 0.3 is 0 Å².